The quantitative estimate of drug-likeness (QED) is 0.588. The largest absolute Gasteiger partial charge is 0.473 e. The van der Waals surface area contributed by atoms with Crippen molar-refractivity contribution in [2.45, 2.75) is 64.5 Å². The molecule has 1 aliphatic rings. The van der Waals surface area contributed by atoms with Gasteiger partial charge in [0.2, 0.25) is 11.8 Å². The lowest BCUT2D eigenvalue weighted by Crippen LogP contribution is -2.27. The fourth-order valence-electron chi connectivity index (χ4n) is 3.41. The number of halogens is 4. The molecule has 0 aliphatic heterocycles. The molecule has 3 rings (SSSR count). The minimum atomic E-state index is -2.57. The lowest BCUT2D eigenvalue weighted by molar-refractivity contribution is -0.0478. The van der Waals surface area contributed by atoms with Crippen LogP contribution in [0.4, 0.5) is 17.6 Å². The van der Waals surface area contributed by atoms with E-state index in [-0.39, 0.29) is 30.9 Å². The molecular weight excluding hydrogens is 360 g/mol. The van der Waals surface area contributed by atoms with Crippen molar-refractivity contribution in [2.75, 3.05) is 0 Å². The molecule has 1 aromatic heterocycles. The SMILES string of the molecule is CCCc1cc(OCc2cc(F)ccc2F)n(CC2CCC(F)(F)CC2)n1. The van der Waals surface area contributed by atoms with Gasteiger partial charge < -0.3 is 4.74 Å². The molecule has 0 amide bonds. The van der Waals surface area contributed by atoms with Crippen LogP contribution in [-0.2, 0) is 19.6 Å². The summed E-state index contributed by atoms with van der Waals surface area (Å²) in [5, 5.41) is 4.52. The molecule has 0 atom stereocenters. The molecule has 3 nitrogen and oxygen atoms in total. The number of hydrogen-bond donors (Lipinski definition) is 0. The summed E-state index contributed by atoms with van der Waals surface area (Å²) < 4.78 is 61.3. The van der Waals surface area contributed by atoms with Crippen LogP contribution >= 0.6 is 0 Å². The van der Waals surface area contributed by atoms with E-state index in [1.807, 2.05) is 6.92 Å². The maximum Gasteiger partial charge on any atom is 0.248 e. The number of alkyl halides is 2. The van der Waals surface area contributed by atoms with Crippen LogP contribution in [0, 0.1) is 17.6 Å². The highest BCUT2D eigenvalue weighted by molar-refractivity contribution is 5.21. The van der Waals surface area contributed by atoms with Crippen molar-refractivity contribution in [3.8, 4) is 5.88 Å². The van der Waals surface area contributed by atoms with Gasteiger partial charge in [0.25, 0.3) is 0 Å². The molecule has 27 heavy (non-hydrogen) atoms. The predicted octanol–water partition coefficient (Wildman–Crippen LogP) is 5.52. The van der Waals surface area contributed by atoms with Crippen LogP contribution in [0.5, 0.6) is 5.88 Å². The molecule has 0 radical (unpaired) electrons. The molecule has 148 valence electrons. The van der Waals surface area contributed by atoms with Crippen LogP contribution in [0.2, 0.25) is 0 Å². The molecule has 1 fully saturated rings. The Morgan fingerprint density at radius 3 is 2.63 bits per heavy atom. The Hall–Kier alpha value is -2.05. The number of benzene rings is 1. The number of aromatic nitrogens is 2. The third-order valence-electron chi connectivity index (χ3n) is 4.95. The van der Waals surface area contributed by atoms with Gasteiger partial charge in [0.1, 0.15) is 18.2 Å². The van der Waals surface area contributed by atoms with E-state index < -0.39 is 17.6 Å². The topological polar surface area (TPSA) is 27.1 Å². The maximum absolute atomic E-state index is 13.8. The second kappa shape index (κ2) is 8.31. The lowest BCUT2D eigenvalue weighted by Gasteiger charge is -2.28. The van der Waals surface area contributed by atoms with Crippen molar-refractivity contribution >= 4 is 0 Å². The second-order valence-corrected chi connectivity index (χ2v) is 7.23. The molecule has 0 spiro atoms. The summed E-state index contributed by atoms with van der Waals surface area (Å²) >= 11 is 0. The number of hydrogen-bond acceptors (Lipinski definition) is 2. The third kappa shape index (κ3) is 5.23. The van der Waals surface area contributed by atoms with Gasteiger partial charge in [0.15, 0.2) is 0 Å². The number of aryl methyl sites for hydroxylation is 1. The van der Waals surface area contributed by atoms with Crippen molar-refractivity contribution in [2.24, 2.45) is 5.92 Å². The summed E-state index contributed by atoms with van der Waals surface area (Å²) in [6.07, 6.45) is 2.34. The van der Waals surface area contributed by atoms with Gasteiger partial charge in [-0.05, 0) is 43.4 Å². The Bertz CT molecular complexity index is 765. The van der Waals surface area contributed by atoms with Crippen LogP contribution in [0.1, 0.15) is 50.3 Å². The highest BCUT2D eigenvalue weighted by atomic mass is 19.3. The molecule has 0 N–H and O–H groups in total. The van der Waals surface area contributed by atoms with Crippen LogP contribution in [0.3, 0.4) is 0 Å². The number of rotatable bonds is 7. The van der Waals surface area contributed by atoms with E-state index in [4.69, 9.17) is 4.74 Å². The first-order valence-corrected chi connectivity index (χ1v) is 9.37. The summed E-state index contributed by atoms with van der Waals surface area (Å²) in [7, 11) is 0. The summed E-state index contributed by atoms with van der Waals surface area (Å²) in [6, 6.07) is 5.02. The van der Waals surface area contributed by atoms with Crippen LogP contribution in [0.25, 0.3) is 0 Å². The van der Waals surface area contributed by atoms with E-state index in [2.05, 4.69) is 5.10 Å². The molecule has 1 aliphatic carbocycles. The van der Waals surface area contributed by atoms with E-state index in [1.54, 1.807) is 10.7 Å². The Labute approximate surface area is 156 Å². The molecule has 0 bridgehead atoms. The summed E-state index contributed by atoms with van der Waals surface area (Å²) in [5.74, 6) is -3.07. The maximum atomic E-state index is 13.8. The van der Waals surface area contributed by atoms with Gasteiger partial charge in [-0.25, -0.2) is 22.2 Å². The summed E-state index contributed by atoms with van der Waals surface area (Å²) in [4.78, 5) is 0. The molecular formula is C20H24F4N2O. The normalized spacial score (nSPS) is 17.2. The standard InChI is InChI=1S/C20H24F4N2O/c1-2-3-17-11-19(27-13-15-10-16(21)4-5-18(15)22)26(25-17)12-14-6-8-20(23,24)9-7-14/h4-5,10-11,14H,2-3,6-9,12-13H2,1H3. The van der Waals surface area contributed by atoms with Crippen molar-refractivity contribution in [3.63, 3.8) is 0 Å². The van der Waals surface area contributed by atoms with Crippen molar-refractivity contribution in [1.82, 2.24) is 9.78 Å². The zero-order valence-corrected chi connectivity index (χ0v) is 15.4. The molecule has 0 unspecified atom stereocenters. The lowest BCUT2D eigenvalue weighted by atomic mass is 9.87. The monoisotopic (exact) mass is 384 g/mol. The minimum Gasteiger partial charge on any atom is -0.473 e. The van der Waals surface area contributed by atoms with E-state index in [9.17, 15) is 17.6 Å². The average Bonchev–Trinajstić information content (AvgIpc) is 2.99. The van der Waals surface area contributed by atoms with E-state index in [0.717, 1.165) is 36.7 Å². The van der Waals surface area contributed by atoms with Crippen LogP contribution in [0.15, 0.2) is 24.3 Å². The van der Waals surface area contributed by atoms with E-state index in [1.165, 1.54) is 0 Å². The zero-order chi connectivity index (χ0) is 19.4. The Kier molecular flexibility index (Phi) is 6.07. The minimum absolute atomic E-state index is 0.104. The van der Waals surface area contributed by atoms with Gasteiger partial charge >= 0.3 is 0 Å². The van der Waals surface area contributed by atoms with Gasteiger partial charge in [-0.3, -0.25) is 0 Å². The molecule has 0 saturated heterocycles. The smallest absolute Gasteiger partial charge is 0.248 e. The summed E-state index contributed by atoms with van der Waals surface area (Å²) in [5.41, 5.74) is 0.963. The first-order chi connectivity index (χ1) is 12.9. The van der Waals surface area contributed by atoms with Crippen LogP contribution in [-0.4, -0.2) is 15.7 Å². The highest BCUT2D eigenvalue weighted by Crippen LogP contribution is 2.37. The summed E-state index contributed by atoms with van der Waals surface area (Å²) in [6.45, 7) is 2.40. The Balaban J connectivity index is 1.71. The van der Waals surface area contributed by atoms with Gasteiger partial charge in [-0.1, -0.05) is 13.3 Å². The fourth-order valence-corrected chi connectivity index (χ4v) is 3.41. The highest BCUT2D eigenvalue weighted by Gasteiger charge is 2.35. The molecule has 1 saturated carbocycles. The Morgan fingerprint density at radius 2 is 1.93 bits per heavy atom. The van der Waals surface area contributed by atoms with E-state index in [0.29, 0.717) is 25.3 Å². The van der Waals surface area contributed by atoms with Gasteiger partial charge in [-0.2, -0.15) is 5.10 Å². The molecule has 7 heteroatoms. The average molecular weight is 384 g/mol. The molecule has 1 aromatic carbocycles. The zero-order valence-electron chi connectivity index (χ0n) is 15.4. The van der Waals surface area contributed by atoms with E-state index >= 15 is 0 Å². The van der Waals surface area contributed by atoms with Crippen molar-refractivity contribution in [1.29, 1.82) is 0 Å². The first kappa shape index (κ1) is 19.7. The Morgan fingerprint density at radius 1 is 1.19 bits per heavy atom. The molecule has 1 heterocycles. The van der Waals surface area contributed by atoms with Gasteiger partial charge in [-0.15, -0.1) is 0 Å². The molecule has 2 aromatic rings. The number of ether oxygens (including phenoxy) is 1. The first-order valence-electron chi connectivity index (χ1n) is 9.37. The predicted molar refractivity (Wildman–Crippen MR) is 93.8 cm³/mol. The van der Waals surface area contributed by atoms with Gasteiger partial charge in [0, 0.05) is 31.0 Å². The van der Waals surface area contributed by atoms with Crippen molar-refractivity contribution in [3.05, 3.63) is 47.2 Å². The van der Waals surface area contributed by atoms with Crippen LogP contribution < -0.4 is 4.74 Å². The van der Waals surface area contributed by atoms with Crippen molar-refractivity contribution < 1.29 is 22.3 Å². The number of nitrogens with zero attached hydrogens (tertiary/aromatic N) is 2. The second-order valence-electron chi connectivity index (χ2n) is 7.23. The fraction of sp³-hybridized carbons (Fsp3) is 0.550. The third-order valence-corrected chi connectivity index (χ3v) is 4.95. The van der Waals surface area contributed by atoms with Gasteiger partial charge in [0.05, 0.1) is 5.69 Å².